The van der Waals surface area contributed by atoms with Gasteiger partial charge in [0.2, 0.25) is 0 Å². The van der Waals surface area contributed by atoms with Gasteiger partial charge in [-0.1, -0.05) is 0 Å². The summed E-state index contributed by atoms with van der Waals surface area (Å²) in [5.41, 5.74) is 2.45. The topological polar surface area (TPSA) is 44.9 Å². The lowest BCUT2D eigenvalue weighted by Gasteiger charge is -2.23. The van der Waals surface area contributed by atoms with E-state index in [9.17, 15) is 4.79 Å². The van der Waals surface area contributed by atoms with Crippen LogP contribution < -0.4 is 10.9 Å². The van der Waals surface area contributed by atoms with Crippen LogP contribution in [-0.4, -0.2) is 18.1 Å². The van der Waals surface area contributed by atoms with Crippen molar-refractivity contribution in [2.24, 2.45) is 0 Å². The van der Waals surface area contributed by atoms with Crippen molar-refractivity contribution in [2.45, 2.75) is 37.5 Å². The summed E-state index contributed by atoms with van der Waals surface area (Å²) in [5.74, 6) is 1.13. The van der Waals surface area contributed by atoms with Gasteiger partial charge in [-0.05, 0) is 55.7 Å². The van der Waals surface area contributed by atoms with E-state index in [4.69, 9.17) is 0 Å². The van der Waals surface area contributed by atoms with Crippen LogP contribution >= 0.6 is 0 Å². The van der Waals surface area contributed by atoms with Crippen molar-refractivity contribution in [1.82, 2.24) is 10.3 Å². The molecule has 1 unspecified atom stereocenters. The highest BCUT2D eigenvalue weighted by Crippen LogP contribution is 2.39. The first-order valence-electron chi connectivity index (χ1n) is 6.28. The molecular weight excluding hydrogens is 200 g/mol. The van der Waals surface area contributed by atoms with Gasteiger partial charge in [-0.2, -0.15) is 0 Å². The number of piperidine rings is 1. The Bertz CT molecular complexity index is 428. The van der Waals surface area contributed by atoms with E-state index in [1.54, 1.807) is 0 Å². The molecule has 1 aliphatic heterocycles. The Kier molecular flexibility index (Phi) is 2.56. The average Bonchev–Trinajstić information content (AvgIpc) is 3.15. The number of aromatic amines is 1. The van der Waals surface area contributed by atoms with Crippen molar-refractivity contribution < 1.29 is 0 Å². The molecule has 2 fully saturated rings. The molecule has 1 aromatic rings. The monoisotopic (exact) mass is 218 g/mol. The highest BCUT2D eigenvalue weighted by Gasteiger charge is 2.27. The molecule has 3 heteroatoms. The smallest absolute Gasteiger partial charge is 0.251 e. The summed E-state index contributed by atoms with van der Waals surface area (Å²) in [6.07, 6.45) is 6.77. The fraction of sp³-hybridized carbons (Fsp3) is 0.615. The number of rotatable bonds is 2. The Hall–Kier alpha value is -1.09. The lowest BCUT2D eigenvalue weighted by molar-refractivity contribution is 0.460. The minimum atomic E-state index is 0.120. The molecule has 3 rings (SSSR count). The quantitative estimate of drug-likeness (QED) is 0.794. The predicted octanol–water partition coefficient (Wildman–Crippen LogP) is 1.72. The molecule has 1 atom stereocenters. The van der Waals surface area contributed by atoms with E-state index >= 15 is 0 Å². The Balaban J connectivity index is 1.88. The molecule has 0 amide bonds. The lowest BCUT2D eigenvalue weighted by Crippen LogP contribution is -2.29. The third-order valence-electron chi connectivity index (χ3n) is 3.74. The van der Waals surface area contributed by atoms with Crippen molar-refractivity contribution in [1.29, 1.82) is 0 Å². The van der Waals surface area contributed by atoms with Gasteiger partial charge in [0.15, 0.2) is 0 Å². The second-order valence-corrected chi connectivity index (χ2v) is 5.04. The Morgan fingerprint density at radius 1 is 1.19 bits per heavy atom. The number of pyridine rings is 1. The lowest BCUT2D eigenvalue weighted by atomic mass is 9.91. The number of nitrogens with one attached hydrogen (secondary N) is 2. The fourth-order valence-electron chi connectivity index (χ4n) is 2.59. The average molecular weight is 218 g/mol. The molecule has 1 aromatic heterocycles. The zero-order valence-corrected chi connectivity index (χ0v) is 9.46. The van der Waals surface area contributed by atoms with E-state index in [-0.39, 0.29) is 5.56 Å². The van der Waals surface area contributed by atoms with Gasteiger partial charge in [-0.15, -0.1) is 0 Å². The van der Waals surface area contributed by atoms with Crippen molar-refractivity contribution in [3.8, 4) is 0 Å². The van der Waals surface area contributed by atoms with Crippen LogP contribution in [0.5, 0.6) is 0 Å². The summed E-state index contributed by atoms with van der Waals surface area (Å²) in [6, 6.07) is 2.15. The van der Waals surface area contributed by atoms with Gasteiger partial charge in [-0.3, -0.25) is 4.79 Å². The van der Waals surface area contributed by atoms with Crippen LogP contribution in [0, 0.1) is 0 Å². The van der Waals surface area contributed by atoms with Crippen molar-refractivity contribution in [3.63, 3.8) is 0 Å². The van der Waals surface area contributed by atoms with Crippen molar-refractivity contribution in [2.75, 3.05) is 13.1 Å². The third kappa shape index (κ3) is 1.92. The number of hydrogen-bond acceptors (Lipinski definition) is 2. The number of aromatic nitrogens is 1. The van der Waals surface area contributed by atoms with Gasteiger partial charge in [0.25, 0.3) is 5.56 Å². The van der Waals surface area contributed by atoms with Crippen LogP contribution in [0.2, 0.25) is 0 Å². The van der Waals surface area contributed by atoms with E-state index in [1.165, 1.54) is 31.2 Å². The highest BCUT2D eigenvalue weighted by molar-refractivity contribution is 5.27. The molecule has 0 bridgehead atoms. The van der Waals surface area contributed by atoms with Gasteiger partial charge < -0.3 is 10.3 Å². The minimum Gasteiger partial charge on any atom is -0.329 e. The first-order chi connectivity index (χ1) is 7.84. The van der Waals surface area contributed by atoms with E-state index in [1.807, 2.05) is 6.20 Å². The molecule has 1 saturated heterocycles. The zero-order valence-electron chi connectivity index (χ0n) is 9.46. The third-order valence-corrected chi connectivity index (χ3v) is 3.74. The second kappa shape index (κ2) is 4.06. The molecule has 16 heavy (non-hydrogen) atoms. The van der Waals surface area contributed by atoms with Crippen LogP contribution in [0.25, 0.3) is 0 Å². The Morgan fingerprint density at radius 2 is 2.06 bits per heavy atom. The van der Waals surface area contributed by atoms with Gasteiger partial charge in [-0.25, -0.2) is 0 Å². The maximum atomic E-state index is 11.7. The summed E-state index contributed by atoms with van der Waals surface area (Å²) in [5, 5.41) is 3.42. The molecule has 0 spiro atoms. The van der Waals surface area contributed by atoms with Gasteiger partial charge in [0.1, 0.15) is 0 Å². The van der Waals surface area contributed by atoms with E-state index in [0.717, 1.165) is 18.7 Å². The Labute approximate surface area is 95.3 Å². The SMILES string of the molecule is O=c1[nH]cc(C2CCCNC2)cc1C1CC1. The molecule has 1 saturated carbocycles. The molecule has 2 aliphatic rings. The van der Waals surface area contributed by atoms with Crippen LogP contribution in [0.1, 0.15) is 48.6 Å². The number of hydrogen-bond donors (Lipinski definition) is 2. The van der Waals surface area contributed by atoms with Crippen LogP contribution in [0.4, 0.5) is 0 Å². The van der Waals surface area contributed by atoms with E-state index in [0.29, 0.717) is 11.8 Å². The van der Waals surface area contributed by atoms with Crippen LogP contribution in [-0.2, 0) is 0 Å². The summed E-state index contributed by atoms with van der Waals surface area (Å²) >= 11 is 0. The molecule has 2 N–H and O–H groups in total. The maximum absolute atomic E-state index is 11.7. The normalized spacial score (nSPS) is 25.6. The molecule has 86 valence electrons. The summed E-state index contributed by atoms with van der Waals surface area (Å²) < 4.78 is 0. The fourth-order valence-corrected chi connectivity index (χ4v) is 2.59. The van der Waals surface area contributed by atoms with Gasteiger partial charge in [0.05, 0.1) is 0 Å². The molecule has 0 aromatic carbocycles. The molecule has 1 aliphatic carbocycles. The molecular formula is C13H18N2O. The summed E-state index contributed by atoms with van der Waals surface area (Å²) in [6.45, 7) is 2.19. The van der Waals surface area contributed by atoms with Crippen LogP contribution in [0.3, 0.4) is 0 Å². The largest absolute Gasteiger partial charge is 0.329 e. The zero-order chi connectivity index (χ0) is 11.0. The Morgan fingerprint density at radius 3 is 2.75 bits per heavy atom. The summed E-state index contributed by atoms with van der Waals surface area (Å²) in [7, 11) is 0. The highest BCUT2D eigenvalue weighted by atomic mass is 16.1. The second-order valence-electron chi connectivity index (χ2n) is 5.04. The van der Waals surface area contributed by atoms with E-state index < -0.39 is 0 Å². The molecule has 3 nitrogen and oxygen atoms in total. The van der Waals surface area contributed by atoms with Crippen LogP contribution in [0.15, 0.2) is 17.1 Å². The van der Waals surface area contributed by atoms with Crippen molar-refractivity contribution in [3.05, 3.63) is 33.7 Å². The molecule has 2 heterocycles. The van der Waals surface area contributed by atoms with Crippen molar-refractivity contribution >= 4 is 0 Å². The number of H-pyrrole nitrogens is 1. The maximum Gasteiger partial charge on any atom is 0.251 e. The van der Waals surface area contributed by atoms with Gasteiger partial charge in [0, 0.05) is 18.3 Å². The van der Waals surface area contributed by atoms with E-state index in [2.05, 4.69) is 16.4 Å². The first kappa shape index (κ1) is 10.1. The first-order valence-corrected chi connectivity index (χ1v) is 6.28. The minimum absolute atomic E-state index is 0.120. The van der Waals surface area contributed by atoms with Gasteiger partial charge >= 0.3 is 0 Å². The summed E-state index contributed by atoms with van der Waals surface area (Å²) in [4.78, 5) is 14.6. The molecule has 0 radical (unpaired) electrons. The standard InChI is InChI=1S/C13H18N2O/c16-13-12(9-3-4-9)6-11(8-15-13)10-2-1-5-14-7-10/h6,8-10,14H,1-5,7H2,(H,15,16). The predicted molar refractivity (Wildman–Crippen MR) is 63.9 cm³/mol.